The summed E-state index contributed by atoms with van der Waals surface area (Å²) in [4.78, 5) is 25.7. The van der Waals surface area contributed by atoms with E-state index < -0.39 is 5.60 Å². The van der Waals surface area contributed by atoms with Crippen LogP contribution in [0.2, 0.25) is 0 Å². The summed E-state index contributed by atoms with van der Waals surface area (Å²) in [6, 6.07) is 0. The number of unbranched alkanes of at least 4 members (excludes halogenated alkanes) is 30. The maximum atomic E-state index is 12.8. The predicted molar refractivity (Wildman–Crippen MR) is 221 cm³/mol. The lowest BCUT2D eigenvalue weighted by molar-refractivity contribution is -0.151. The molecule has 3 heteroatoms. The zero-order chi connectivity index (χ0) is 36.6. The molecule has 0 aromatic carbocycles. The molecule has 294 valence electrons. The van der Waals surface area contributed by atoms with Gasteiger partial charge in [0.05, 0.1) is 0 Å². The van der Waals surface area contributed by atoms with Crippen LogP contribution in [0.4, 0.5) is 0 Å². The number of Topliss-reactive ketones (excluding diaryl/α,β-unsaturated/α-hetero) is 2. The number of carbonyl (C=O) groups excluding carboxylic acids is 2. The molecule has 0 aliphatic rings. The van der Waals surface area contributed by atoms with E-state index in [1.165, 1.54) is 180 Å². The maximum absolute atomic E-state index is 12.8. The second-order valence-electron chi connectivity index (χ2n) is 15.6. The van der Waals surface area contributed by atoms with Crippen LogP contribution in [0.3, 0.4) is 0 Å². The third-order valence-corrected chi connectivity index (χ3v) is 10.8. The number of ketones is 2. The topological polar surface area (TPSA) is 54.4 Å². The number of carbonyl (C=O) groups is 2. The van der Waals surface area contributed by atoms with Crippen molar-refractivity contribution >= 4 is 11.6 Å². The molecule has 0 atom stereocenters. The third-order valence-electron chi connectivity index (χ3n) is 10.8. The average Bonchev–Trinajstić information content (AvgIpc) is 3.12. The first-order valence-electron chi connectivity index (χ1n) is 22.6. The number of hydrogen-bond donors (Lipinski definition) is 1. The Morgan fingerprint density at radius 1 is 0.360 bits per heavy atom. The highest BCUT2D eigenvalue weighted by atomic mass is 16.3. The Bertz CT molecular complexity index is 721. The smallest absolute Gasteiger partial charge is 0.180 e. The van der Waals surface area contributed by atoms with Gasteiger partial charge in [-0.1, -0.05) is 199 Å². The number of aliphatic hydroxyl groups is 1. The van der Waals surface area contributed by atoms with Crippen molar-refractivity contribution in [3.05, 3.63) is 24.3 Å². The minimum Gasteiger partial charge on any atom is -0.375 e. The molecule has 0 saturated carbocycles. The Morgan fingerprint density at radius 3 is 0.820 bits per heavy atom. The van der Waals surface area contributed by atoms with Gasteiger partial charge in [-0.25, -0.2) is 0 Å². The van der Waals surface area contributed by atoms with Crippen LogP contribution in [0.1, 0.15) is 258 Å². The highest BCUT2D eigenvalue weighted by molar-refractivity contribution is 6.09. The second-order valence-corrected chi connectivity index (χ2v) is 15.6. The van der Waals surface area contributed by atoms with Crippen LogP contribution in [-0.2, 0) is 9.59 Å². The van der Waals surface area contributed by atoms with Gasteiger partial charge in [-0.05, 0) is 70.6 Å². The fourth-order valence-corrected chi connectivity index (χ4v) is 7.09. The zero-order valence-electron chi connectivity index (χ0n) is 34.2. The van der Waals surface area contributed by atoms with Crippen molar-refractivity contribution in [2.24, 2.45) is 0 Å². The van der Waals surface area contributed by atoms with Crippen molar-refractivity contribution in [2.45, 2.75) is 264 Å². The molecule has 0 aliphatic carbocycles. The molecule has 0 fully saturated rings. The lowest BCUT2D eigenvalue weighted by Gasteiger charge is -2.24. The van der Waals surface area contributed by atoms with Crippen LogP contribution in [0, 0.1) is 0 Å². The van der Waals surface area contributed by atoms with Crippen molar-refractivity contribution in [2.75, 3.05) is 0 Å². The molecule has 3 nitrogen and oxygen atoms in total. The number of rotatable bonds is 41. The van der Waals surface area contributed by atoms with Crippen LogP contribution in [0.15, 0.2) is 24.3 Å². The quantitative estimate of drug-likeness (QED) is 0.0392. The molecule has 0 aromatic heterocycles. The molecule has 0 amide bonds. The van der Waals surface area contributed by atoms with Gasteiger partial charge >= 0.3 is 0 Å². The van der Waals surface area contributed by atoms with Gasteiger partial charge in [0.2, 0.25) is 0 Å². The molecule has 0 bridgehead atoms. The van der Waals surface area contributed by atoms with Crippen molar-refractivity contribution in [1.29, 1.82) is 0 Å². The molecule has 0 spiro atoms. The zero-order valence-corrected chi connectivity index (χ0v) is 34.2. The van der Waals surface area contributed by atoms with Gasteiger partial charge in [0.1, 0.15) is 0 Å². The maximum Gasteiger partial charge on any atom is 0.180 e. The van der Waals surface area contributed by atoms with Crippen LogP contribution >= 0.6 is 0 Å². The second kappa shape index (κ2) is 39.0. The fraction of sp³-hybridized carbons (Fsp3) is 0.872. The van der Waals surface area contributed by atoms with Crippen LogP contribution in [-0.4, -0.2) is 22.3 Å². The summed E-state index contributed by atoms with van der Waals surface area (Å²) in [5.41, 5.74) is -1.76. The average molecular weight is 701 g/mol. The largest absolute Gasteiger partial charge is 0.375 e. The molecule has 0 radical (unpaired) electrons. The molecular formula is C47H88O3. The summed E-state index contributed by atoms with van der Waals surface area (Å²) in [5.74, 6) is -0.501. The molecule has 0 rings (SSSR count). The van der Waals surface area contributed by atoms with Gasteiger partial charge in [-0.15, -0.1) is 0 Å². The first-order valence-corrected chi connectivity index (χ1v) is 22.6. The van der Waals surface area contributed by atoms with Gasteiger partial charge in [0.25, 0.3) is 0 Å². The highest BCUT2D eigenvalue weighted by Gasteiger charge is 2.39. The highest BCUT2D eigenvalue weighted by Crippen LogP contribution is 2.22. The van der Waals surface area contributed by atoms with E-state index in [-0.39, 0.29) is 18.0 Å². The van der Waals surface area contributed by atoms with Crippen molar-refractivity contribution in [1.82, 2.24) is 0 Å². The van der Waals surface area contributed by atoms with E-state index in [0.717, 1.165) is 38.5 Å². The lowest BCUT2D eigenvalue weighted by Crippen LogP contribution is -2.46. The molecule has 0 aliphatic heterocycles. The summed E-state index contributed by atoms with van der Waals surface area (Å²) in [6.45, 7) is 6.32. The Balaban J connectivity index is 3.65. The van der Waals surface area contributed by atoms with Crippen LogP contribution in [0.25, 0.3) is 0 Å². The Labute approximate surface area is 313 Å². The number of allylic oxidation sites excluding steroid dienone is 4. The van der Waals surface area contributed by atoms with E-state index in [9.17, 15) is 14.7 Å². The number of hydrogen-bond acceptors (Lipinski definition) is 3. The SMILES string of the molecule is CCCCCCCC/C=C\CCCCCCCCCCCC(=O)C(O)(CC)C(=O)CCCCCCCCCCC/C=C\CCCCCCCC. The molecular weight excluding hydrogens is 613 g/mol. The first-order chi connectivity index (χ1) is 24.5. The van der Waals surface area contributed by atoms with E-state index in [0.29, 0.717) is 12.8 Å². The summed E-state index contributed by atoms with van der Waals surface area (Å²) in [6.07, 6.45) is 53.4. The van der Waals surface area contributed by atoms with Crippen molar-refractivity contribution in [3.8, 4) is 0 Å². The van der Waals surface area contributed by atoms with E-state index >= 15 is 0 Å². The predicted octanol–water partition coefficient (Wildman–Crippen LogP) is 15.5. The molecule has 0 saturated heterocycles. The lowest BCUT2D eigenvalue weighted by atomic mass is 9.85. The van der Waals surface area contributed by atoms with E-state index in [4.69, 9.17) is 0 Å². The Morgan fingerprint density at radius 2 is 0.580 bits per heavy atom. The third kappa shape index (κ3) is 31.5. The molecule has 0 unspecified atom stereocenters. The van der Waals surface area contributed by atoms with Gasteiger partial charge in [0, 0.05) is 12.8 Å². The molecule has 0 aromatic rings. The van der Waals surface area contributed by atoms with Crippen LogP contribution in [0.5, 0.6) is 0 Å². The van der Waals surface area contributed by atoms with Gasteiger partial charge < -0.3 is 5.11 Å². The monoisotopic (exact) mass is 701 g/mol. The summed E-state index contributed by atoms with van der Waals surface area (Å²) < 4.78 is 0. The van der Waals surface area contributed by atoms with Gasteiger partial charge in [0.15, 0.2) is 17.2 Å². The molecule has 1 N–H and O–H groups in total. The fourth-order valence-electron chi connectivity index (χ4n) is 7.09. The Hall–Kier alpha value is -1.22. The van der Waals surface area contributed by atoms with Crippen LogP contribution < -0.4 is 0 Å². The van der Waals surface area contributed by atoms with E-state index in [1.807, 2.05) is 0 Å². The summed E-state index contributed by atoms with van der Waals surface area (Å²) in [5, 5.41) is 11.0. The first kappa shape index (κ1) is 48.8. The standard InChI is InChI=1S/C47H88O3/c1-4-7-9-11-13-15-17-19-21-23-25-27-29-31-33-35-37-39-41-43-45(48)47(50,6-3)46(49)44-42-40-38-36-34-32-30-28-26-24-22-20-18-16-14-12-10-8-5-2/h19-22,50H,4-18,23-44H2,1-3H3/b21-19-,22-20-. The summed E-state index contributed by atoms with van der Waals surface area (Å²) in [7, 11) is 0. The van der Waals surface area contributed by atoms with Crippen molar-refractivity contribution < 1.29 is 14.7 Å². The summed E-state index contributed by atoms with van der Waals surface area (Å²) >= 11 is 0. The molecule has 50 heavy (non-hydrogen) atoms. The van der Waals surface area contributed by atoms with Crippen molar-refractivity contribution in [3.63, 3.8) is 0 Å². The Kier molecular flexibility index (Phi) is 38.0. The van der Waals surface area contributed by atoms with Gasteiger partial charge in [-0.2, -0.15) is 0 Å². The molecule has 0 heterocycles. The minimum atomic E-state index is -1.76. The normalized spacial score (nSPS) is 12.2. The van der Waals surface area contributed by atoms with E-state index in [2.05, 4.69) is 38.2 Å². The van der Waals surface area contributed by atoms with Gasteiger partial charge in [-0.3, -0.25) is 9.59 Å². The minimum absolute atomic E-state index is 0.203. The van der Waals surface area contributed by atoms with E-state index in [1.54, 1.807) is 6.92 Å².